The lowest BCUT2D eigenvalue weighted by molar-refractivity contribution is 0.690. The SMILES string of the molecule is CC(C)=CCNCCc1nncn1C. The highest BCUT2D eigenvalue weighted by Crippen LogP contribution is 1.91. The first-order valence-corrected chi connectivity index (χ1v) is 4.87. The molecule has 4 heteroatoms. The van der Waals surface area contributed by atoms with Gasteiger partial charge in [0, 0.05) is 26.6 Å². The van der Waals surface area contributed by atoms with Crippen molar-refractivity contribution in [2.75, 3.05) is 13.1 Å². The van der Waals surface area contributed by atoms with Crippen molar-refractivity contribution >= 4 is 0 Å². The number of allylic oxidation sites excluding steroid dienone is 1. The van der Waals surface area contributed by atoms with E-state index in [1.54, 1.807) is 6.33 Å². The molecule has 78 valence electrons. The first kappa shape index (κ1) is 10.9. The summed E-state index contributed by atoms with van der Waals surface area (Å²) in [5.74, 6) is 1.02. The lowest BCUT2D eigenvalue weighted by Crippen LogP contribution is -2.18. The monoisotopic (exact) mass is 194 g/mol. The zero-order chi connectivity index (χ0) is 10.4. The summed E-state index contributed by atoms with van der Waals surface area (Å²) < 4.78 is 1.95. The van der Waals surface area contributed by atoms with Gasteiger partial charge in [0.25, 0.3) is 0 Å². The van der Waals surface area contributed by atoms with Crippen LogP contribution in [-0.2, 0) is 13.5 Å². The van der Waals surface area contributed by atoms with E-state index in [2.05, 4.69) is 35.4 Å². The Morgan fingerprint density at radius 3 is 2.93 bits per heavy atom. The molecule has 1 aromatic heterocycles. The third-order valence-corrected chi connectivity index (χ3v) is 1.99. The number of hydrogen-bond acceptors (Lipinski definition) is 3. The zero-order valence-corrected chi connectivity index (χ0v) is 9.12. The molecule has 0 unspecified atom stereocenters. The second-order valence-corrected chi connectivity index (χ2v) is 3.59. The Balaban J connectivity index is 2.16. The molecule has 0 aromatic carbocycles. The van der Waals surface area contributed by atoms with Crippen LogP contribution in [0.2, 0.25) is 0 Å². The number of aromatic nitrogens is 3. The highest BCUT2D eigenvalue weighted by atomic mass is 15.2. The van der Waals surface area contributed by atoms with Crippen molar-refractivity contribution in [1.29, 1.82) is 0 Å². The highest BCUT2D eigenvalue weighted by Gasteiger charge is 1.98. The van der Waals surface area contributed by atoms with Crippen LogP contribution in [0.25, 0.3) is 0 Å². The molecule has 0 bridgehead atoms. The molecule has 0 atom stereocenters. The second kappa shape index (κ2) is 5.54. The Hall–Kier alpha value is -1.16. The Bertz CT molecular complexity index is 297. The van der Waals surface area contributed by atoms with Gasteiger partial charge >= 0.3 is 0 Å². The minimum Gasteiger partial charge on any atom is -0.321 e. The summed E-state index contributed by atoms with van der Waals surface area (Å²) in [5.41, 5.74) is 1.34. The number of rotatable bonds is 5. The molecule has 0 aliphatic heterocycles. The van der Waals surface area contributed by atoms with E-state index in [9.17, 15) is 0 Å². The van der Waals surface area contributed by atoms with Crippen molar-refractivity contribution in [1.82, 2.24) is 20.1 Å². The molecule has 14 heavy (non-hydrogen) atoms. The van der Waals surface area contributed by atoms with Gasteiger partial charge in [0.15, 0.2) is 0 Å². The topological polar surface area (TPSA) is 42.7 Å². The molecule has 0 saturated carbocycles. The van der Waals surface area contributed by atoms with E-state index in [0.717, 1.165) is 25.3 Å². The van der Waals surface area contributed by atoms with Gasteiger partial charge in [0.2, 0.25) is 0 Å². The molecule has 0 aliphatic carbocycles. The maximum absolute atomic E-state index is 4.01. The molecule has 1 rings (SSSR count). The summed E-state index contributed by atoms with van der Waals surface area (Å²) >= 11 is 0. The van der Waals surface area contributed by atoms with Gasteiger partial charge in [-0.25, -0.2) is 0 Å². The quantitative estimate of drug-likeness (QED) is 0.559. The molecule has 0 radical (unpaired) electrons. The maximum atomic E-state index is 4.01. The first-order valence-electron chi connectivity index (χ1n) is 4.87. The van der Waals surface area contributed by atoms with Gasteiger partial charge in [0.05, 0.1) is 0 Å². The van der Waals surface area contributed by atoms with Crippen molar-refractivity contribution < 1.29 is 0 Å². The average molecular weight is 194 g/mol. The van der Waals surface area contributed by atoms with Crippen molar-refractivity contribution in [3.05, 3.63) is 23.8 Å². The first-order chi connectivity index (χ1) is 6.70. The number of aryl methyl sites for hydroxylation is 1. The molecule has 0 saturated heterocycles. The lowest BCUT2D eigenvalue weighted by Gasteiger charge is -2.01. The highest BCUT2D eigenvalue weighted by molar-refractivity contribution is 4.94. The summed E-state index contributed by atoms with van der Waals surface area (Å²) in [6, 6.07) is 0. The van der Waals surface area contributed by atoms with Gasteiger partial charge in [-0.1, -0.05) is 11.6 Å². The molecule has 0 amide bonds. The van der Waals surface area contributed by atoms with Crippen molar-refractivity contribution in [2.45, 2.75) is 20.3 Å². The minimum absolute atomic E-state index is 0.924. The molecule has 0 aliphatic rings. The van der Waals surface area contributed by atoms with Crippen LogP contribution in [0, 0.1) is 0 Å². The second-order valence-electron chi connectivity index (χ2n) is 3.59. The van der Waals surface area contributed by atoms with Crippen LogP contribution in [0.1, 0.15) is 19.7 Å². The Morgan fingerprint density at radius 1 is 1.57 bits per heavy atom. The predicted molar refractivity (Wildman–Crippen MR) is 57.0 cm³/mol. The van der Waals surface area contributed by atoms with E-state index in [4.69, 9.17) is 0 Å². The fourth-order valence-corrected chi connectivity index (χ4v) is 1.11. The van der Waals surface area contributed by atoms with E-state index >= 15 is 0 Å². The summed E-state index contributed by atoms with van der Waals surface area (Å²) in [5, 5.41) is 11.2. The Labute approximate surface area is 85.0 Å². The summed E-state index contributed by atoms with van der Waals surface area (Å²) in [6.07, 6.45) is 4.83. The van der Waals surface area contributed by atoms with Crippen LogP contribution in [0.3, 0.4) is 0 Å². The summed E-state index contributed by atoms with van der Waals surface area (Å²) in [6.45, 7) is 6.07. The van der Waals surface area contributed by atoms with Crippen LogP contribution in [0.5, 0.6) is 0 Å². The minimum atomic E-state index is 0.924. The predicted octanol–water partition coefficient (Wildman–Crippen LogP) is 0.913. The van der Waals surface area contributed by atoms with Crippen LogP contribution in [-0.4, -0.2) is 27.9 Å². The summed E-state index contributed by atoms with van der Waals surface area (Å²) in [4.78, 5) is 0. The van der Waals surface area contributed by atoms with Gasteiger partial charge in [0.1, 0.15) is 12.2 Å². The van der Waals surface area contributed by atoms with E-state index in [1.165, 1.54) is 5.57 Å². The third kappa shape index (κ3) is 3.70. The van der Waals surface area contributed by atoms with Gasteiger partial charge in [-0.15, -0.1) is 10.2 Å². The fourth-order valence-electron chi connectivity index (χ4n) is 1.11. The smallest absolute Gasteiger partial charge is 0.133 e. The van der Waals surface area contributed by atoms with Crippen LogP contribution >= 0.6 is 0 Å². The van der Waals surface area contributed by atoms with E-state index < -0.39 is 0 Å². The van der Waals surface area contributed by atoms with E-state index in [0.29, 0.717) is 0 Å². The van der Waals surface area contributed by atoms with Crippen molar-refractivity contribution in [2.24, 2.45) is 7.05 Å². The molecular weight excluding hydrogens is 176 g/mol. The van der Waals surface area contributed by atoms with E-state index in [-0.39, 0.29) is 0 Å². The molecule has 0 spiro atoms. The normalized spacial score (nSPS) is 10.2. The Morgan fingerprint density at radius 2 is 2.36 bits per heavy atom. The van der Waals surface area contributed by atoms with Gasteiger partial charge in [-0.2, -0.15) is 0 Å². The van der Waals surface area contributed by atoms with E-state index in [1.807, 2.05) is 11.6 Å². The molecule has 1 aromatic rings. The van der Waals surface area contributed by atoms with Crippen LogP contribution < -0.4 is 5.32 Å². The third-order valence-electron chi connectivity index (χ3n) is 1.99. The van der Waals surface area contributed by atoms with Gasteiger partial charge in [-0.05, 0) is 13.8 Å². The molecule has 0 fully saturated rings. The summed E-state index contributed by atoms with van der Waals surface area (Å²) in [7, 11) is 1.96. The largest absolute Gasteiger partial charge is 0.321 e. The fraction of sp³-hybridized carbons (Fsp3) is 0.600. The number of nitrogens with zero attached hydrogens (tertiary/aromatic N) is 3. The van der Waals surface area contributed by atoms with Gasteiger partial charge < -0.3 is 9.88 Å². The standard InChI is InChI=1S/C10H18N4/c1-9(2)4-6-11-7-5-10-13-12-8-14(10)3/h4,8,11H,5-7H2,1-3H3. The Kier molecular flexibility index (Phi) is 4.32. The molecule has 1 heterocycles. The van der Waals surface area contributed by atoms with Gasteiger partial charge in [-0.3, -0.25) is 0 Å². The zero-order valence-electron chi connectivity index (χ0n) is 9.12. The number of hydrogen-bond donors (Lipinski definition) is 1. The molecular formula is C10H18N4. The maximum Gasteiger partial charge on any atom is 0.133 e. The molecule has 4 nitrogen and oxygen atoms in total. The number of nitrogens with one attached hydrogen (secondary N) is 1. The van der Waals surface area contributed by atoms with Crippen LogP contribution in [0.15, 0.2) is 18.0 Å². The van der Waals surface area contributed by atoms with Crippen molar-refractivity contribution in [3.8, 4) is 0 Å². The van der Waals surface area contributed by atoms with Crippen LogP contribution in [0.4, 0.5) is 0 Å². The molecule has 1 N–H and O–H groups in total. The van der Waals surface area contributed by atoms with Crippen molar-refractivity contribution in [3.63, 3.8) is 0 Å². The average Bonchev–Trinajstić information content (AvgIpc) is 2.51. The lowest BCUT2D eigenvalue weighted by atomic mass is 10.3.